The zero-order valence-corrected chi connectivity index (χ0v) is 17.5. The molecular formula is C22H23N3O3S. The number of thioether (sulfide) groups is 1. The Hall–Kier alpha value is -2.93. The van der Waals surface area contributed by atoms with Gasteiger partial charge in [-0.2, -0.15) is 5.10 Å². The van der Waals surface area contributed by atoms with Gasteiger partial charge in [0.05, 0.1) is 36.1 Å². The summed E-state index contributed by atoms with van der Waals surface area (Å²) in [6.07, 6.45) is 0. The topological polar surface area (TPSA) is 65.4 Å². The third-order valence-electron chi connectivity index (χ3n) is 4.83. The number of para-hydroxylation sites is 1. The monoisotopic (exact) mass is 409 g/mol. The molecule has 1 N–H and O–H groups in total. The van der Waals surface area contributed by atoms with E-state index in [2.05, 4.69) is 11.4 Å². The summed E-state index contributed by atoms with van der Waals surface area (Å²) in [5.74, 6) is 2.64. The van der Waals surface area contributed by atoms with E-state index in [-0.39, 0.29) is 11.2 Å². The van der Waals surface area contributed by atoms with Crippen molar-refractivity contribution in [2.24, 2.45) is 0 Å². The lowest BCUT2D eigenvalue weighted by atomic mass is 10.0. The first-order chi connectivity index (χ1) is 14.1. The van der Waals surface area contributed by atoms with Crippen molar-refractivity contribution in [3.63, 3.8) is 0 Å². The van der Waals surface area contributed by atoms with Crippen LogP contribution in [0.5, 0.6) is 11.5 Å². The van der Waals surface area contributed by atoms with Crippen molar-refractivity contribution in [2.75, 3.05) is 24.8 Å². The van der Waals surface area contributed by atoms with Crippen molar-refractivity contribution >= 4 is 23.5 Å². The number of rotatable bonds is 5. The van der Waals surface area contributed by atoms with Crippen molar-refractivity contribution < 1.29 is 14.3 Å². The Labute approximate surface area is 174 Å². The predicted octanol–water partition coefficient (Wildman–Crippen LogP) is 4.36. The zero-order valence-electron chi connectivity index (χ0n) is 16.6. The van der Waals surface area contributed by atoms with Gasteiger partial charge in [-0.25, -0.2) is 4.68 Å². The van der Waals surface area contributed by atoms with Gasteiger partial charge in [0, 0.05) is 11.1 Å². The number of hydrogen-bond donors (Lipinski definition) is 1. The first-order valence-corrected chi connectivity index (χ1v) is 10.5. The lowest BCUT2D eigenvalue weighted by Gasteiger charge is -2.19. The fourth-order valence-electron chi connectivity index (χ4n) is 3.52. The maximum Gasteiger partial charge on any atom is 0.235 e. The van der Waals surface area contributed by atoms with Crippen LogP contribution in [0.25, 0.3) is 5.69 Å². The van der Waals surface area contributed by atoms with E-state index in [1.165, 1.54) is 0 Å². The molecule has 3 aromatic rings. The Morgan fingerprint density at radius 1 is 1.21 bits per heavy atom. The number of ether oxygens (including phenoxy) is 2. The van der Waals surface area contributed by atoms with Crippen LogP contribution in [-0.4, -0.2) is 35.2 Å². The maximum absolute atomic E-state index is 12.5. The summed E-state index contributed by atoms with van der Waals surface area (Å²) < 4.78 is 12.9. The van der Waals surface area contributed by atoms with Crippen molar-refractivity contribution in [1.29, 1.82) is 0 Å². The molecule has 0 aliphatic carbocycles. The minimum absolute atomic E-state index is 0.0395. The molecule has 1 aliphatic heterocycles. The quantitative estimate of drug-likeness (QED) is 0.678. The lowest BCUT2D eigenvalue weighted by molar-refractivity contribution is -0.113. The van der Waals surface area contributed by atoms with E-state index in [1.54, 1.807) is 23.6 Å². The van der Waals surface area contributed by atoms with E-state index in [9.17, 15) is 4.79 Å². The molecule has 1 amide bonds. The number of aryl methyl sites for hydroxylation is 1. The summed E-state index contributed by atoms with van der Waals surface area (Å²) in [5.41, 5.74) is 3.79. The molecule has 0 radical (unpaired) electrons. The van der Waals surface area contributed by atoms with Gasteiger partial charge in [0.1, 0.15) is 17.3 Å². The summed E-state index contributed by atoms with van der Waals surface area (Å²) in [4.78, 5) is 12.5. The molecule has 1 aromatic heterocycles. The van der Waals surface area contributed by atoms with Crippen LogP contribution in [0.15, 0.2) is 48.5 Å². The molecule has 29 heavy (non-hydrogen) atoms. The van der Waals surface area contributed by atoms with E-state index in [0.717, 1.165) is 34.0 Å². The summed E-state index contributed by atoms with van der Waals surface area (Å²) in [6.45, 7) is 4.54. The van der Waals surface area contributed by atoms with Gasteiger partial charge in [-0.1, -0.05) is 18.2 Å². The highest BCUT2D eigenvalue weighted by atomic mass is 32.2. The highest BCUT2D eigenvalue weighted by Gasteiger charge is 2.32. The molecule has 0 spiro atoms. The number of aromatic nitrogens is 2. The van der Waals surface area contributed by atoms with Crippen LogP contribution in [0.1, 0.15) is 29.0 Å². The smallest absolute Gasteiger partial charge is 0.235 e. The molecule has 1 aliphatic rings. The molecule has 0 unspecified atom stereocenters. The number of amides is 1. The third-order valence-corrected chi connectivity index (χ3v) is 6.08. The van der Waals surface area contributed by atoms with Gasteiger partial charge in [0.15, 0.2) is 0 Å². The Morgan fingerprint density at radius 3 is 2.69 bits per heavy atom. The molecule has 150 valence electrons. The molecule has 0 saturated heterocycles. The number of carbonyl (C=O) groups excluding carboxylic acids is 1. The second-order valence-electron chi connectivity index (χ2n) is 6.67. The molecule has 4 rings (SSSR count). The molecule has 2 aromatic carbocycles. The number of nitrogens with one attached hydrogen (secondary N) is 1. The fourth-order valence-corrected chi connectivity index (χ4v) is 4.74. The van der Waals surface area contributed by atoms with E-state index < -0.39 is 0 Å². The molecule has 0 bridgehead atoms. The summed E-state index contributed by atoms with van der Waals surface area (Å²) >= 11 is 1.59. The van der Waals surface area contributed by atoms with E-state index >= 15 is 0 Å². The molecule has 0 saturated carbocycles. The van der Waals surface area contributed by atoms with Crippen LogP contribution in [0.4, 0.5) is 5.82 Å². The second kappa shape index (κ2) is 8.21. The Bertz CT molecular complexity index is 1030. The van der Waals surface area contributed by atoms with Gasteiger partial charge in [-0.05, 0) is 44.2 Å². The highest BCUT2D eigenvalue weighted by Crippen LogP contribution is 2.46. The summed E-state index contributed by atoms with van der Waals surface area (Å²) in [5, 5.41) is 7.75. The number of anilines is 1. The van der Waals surface area contributed by atoms with Crippen molar-refractivity contribution in [3.05, 3.63) is 65.4 Å². The van der Waals surface area contributed by atoms with Crippen molar-refractivity contribution in [3.8, 4) is 17.2 Å². The SMILES string of the molecule is CCOc1ccccc1[C@H]1SCC(=O)Nc2c1c(C)nn2-c1ccc(OC)cc1. The van der Waals surface area contributed by atoms with Crippen LogP contribution in [0.2, 0.25) is 0 Å². The van der Waals surface area contributed by atoms with Gasteiger partial charge in [-0.3, -0.25) is 4.79 Å². The van der Waals surface area contributed by atoms with Gasteiger partial charge in [0.2, 0.25) is 5.91 Å². The summed E-state index contributed by atoms with van der Waals surface area (Å²) in [7, 11) is 1.64. The van der Waals surface area contributed by atoms with Crippen LogP contribution < -0.4 is 14.8 Å². The van der Waals surface area contributed by atoms with Crippen LogP contribution in [0, 0.1) is 6.92 Å². The molecule has 1 atom stereocenters. The average Bonchev–Trinajstić information content (AvgIpc) is 2.94. The zero-order chi connectivity index (χ0) is 20.4. The van der Waals surface area contributed by atoms with Crippen LogP contribution in [0.3, 0.4) is 0 Å². The van der Waals surface area contributed by atoms with Crippen LogP contribution >= 0.6 is 11.8 Å². The van der Waals surface area contributed by atoms with Gasteiger partial charge in [-0.15, -0.1) is 11.8 Å². The Kier molecular flexibility index (Phi) is 5.49. The minimum atomic E-state index is -0.0568. The third kappa shape index (κ3) is 3.70. The van der Waals surface area contributed by atoms with Crippen LogP contribution in [-0.2, 0) is 4.79 Å². The van der Waals surface area contributed by atoms with Crippen molar-refractivity contribution in [1.82, 2.24) is 9.78 Å². The van der Waals surface area contributed by atoms with E-state index in [0.29, 0.717) is 18.2 Å². The number of benzene rings is 2. The number of hydrogen-bond acceptors (Lipinski definition) is 5. The van der Waals surface area contributed by atoms with E-state index in [4.69, 9.17) is 14.6 Å². The lowest BCUT2D eigenvalue weighted by Crippen LogP contribution is -2.15. The minimum Gasteiger partial charge on any atom is -0.497 e. The van der Waals surface area contributed by atoms with Crippen molar-refractivity contribution in [2.45, 2.75) is 19.1 Å². The molecule has 6 nitrogen and oxygen atoms in total. The Balaban J connectivity index is 1.86. The second-order valence-corrected chi connectivity index (χ2v) is 7.76. The number of carbonyl (C=O) groups is 1. The molecule has 0 fully saturated rings. The summed E-state index contributed by atoms with van der Waals surface area (Å²) in [6, 6.07) is 15.6. The van der Waals surface area contributed by atoms with E-state index in [1.807, 2.05) is 56.3 Å². The number of fused-ring (bicyclic) bond motifs is 1. The highest BCUT2D eigenvalue weighted by molar-refractivity contribution is 8.00. The molecule has 2 heterocycles. The first kappa shape index (κ1) is 19.4. The number of methoxy groups -OCH3 is 1. The number of nitrogens with zero attached hydrogens (tertiary/aromatic N) is 2. The first-order valence-electron chi connectivity index (χ1n) is 9.49. The Morgan fingerprint density at radius 2 is 1.97 bits per heavy atom. The fraction of sp³-hybridized carbons (Fsp3) is 0.273. The van der Waals surface area contributed by atoms with Gasteiger partial charge >= 0.3 is 0 Å². The predicted molar refractivity (Wildman–Crippen MR) is 115 cm³/mol. The largest absolute Gasteiger partial charge is 0.497 e. The van der Waals surface area contributed by atoms with Gasteiger partial charge in [0.25, 0.3) is 0 Å². The standard InChI is InChI=1S/C22H23N3O3S/c1-4-28-18-8-6-5-7-17(18)21-20-14(2)24-25(22(20)23-19(26)13-29-21)15-9-11-16(27-3)12-10-15/h5-12,21H,4,13H2,1-3H3,(H,23,26)/t21-/m1/s1. The van der Waals surface area contributed by atoms with Gasteiger partial charge < -0.3 is 14.8 Å². The molecular weight excluding hydrogens is 386 g/mol. The maximum atomic E-state index is 12.5. The molecule has 7 heteroatoms. The normalized spacial score (nSPS) is 16.0. The average molecular weight is 410 g/mol.